The molecule has 0 bridgehead atoms. The van der Waals surface area contributed by atoms with Gasteiger partial charge in [0, 0.05) is 23.5 Å². The minimum absolute atomic E-state index is 0.124. The van der Waals surface area contributed by atoms with Crippen LogP contribution in [0.25, 0.3) is 11.1 Å². The van der Waals surface area contributed by atoms with Gasteiger partial charge in [0.25, 0.3) is 5.91 Å². The maximum absolute atomic E-state index is 15.2. The molecule has 0 saturated carbocycles. The molecule has 3 rings (SSSR count). The van der Waals surface area contributed by atoms with Gasteiger partial charge < -0.3 is 15.2 Å². The Kier molecular flexibility index (Phi) is 6.62. The van der Waals surface area contributed by atoms with Crippen molar-refractivity contribution in [1.82, 2.24) is 5.32 Å². The van der Waals surface area contributed by atoms with E-state index in [-0.39, 0.29) is 40.3 Å². The van der Waals surface area contributed by atoms with Crippen molar-refractivity contribution in [2.45, 2.75) is 6.42 Å². The van der Waals surface area contributed by atoms with E-state index in [1.165, 1.54) is 31.3 Å². The molecule has 0 unspecified atom stereocenters. The average molecular weight is 434 g/mol. The van der Waals surface area contributed by atoms with Crippen molar-refractivity contribution >= 4 is 29.1 Å². The summed E-state index contributed by atoms with van der Waals surface area (Å²) in [6.07, 6.45) is 0.124. The van der Waals surface area contributed by atoms with E-state index in [2.05, 4.69) is 5.32 Å². The molecule has 3 aromatic carbocycles. The minimum atomic E-state index is -0.539. The van der Waals surface area contributed by atoms with Gasteiger partial charge in [-0.05, 0) is 34.9 Å². The summed E-state index contributed by atoms with van der Waals surface area (Å²) in [4.78, 5) is 11.3. The molecule has 0 aliphatic carbocycles. The molecule has 0 heterocycles. The van der Waals surface area contributed by atoms with Gasteiger partial charge in [-0.3, -0.25) is 4.79 Å². The molecular weight excluding hydrogens is 416 g/mol. The van der Waals surface area contributed by atoms with Gasteiger partial charge in [-0.2, -0.15) is 0 Å². The summed E-state index contributed by atoms with van der Waals surface area (Å²) >= 11 is 12.7. The molecule has 0 aliphatic rings. The van der Waals surface area contributed by atoms with Crippen LogP contribution in [0.2, 0.25) is 10.0 Å². The highest BCUT2D eigenvalue weighted by atomic mass is 35.5. The van der Waals surface area contributed by atoms with E-state index in [9.17, 15) is 9.90 Å². The fourth-order valence-corrected chi connectivity index (χ4v) is 3.47. The first-order valence-electron chi connectivity index (χ1n) is 8.77. The van der Waals surface area contributed by atoms with Crippen LogP contribution in [0.15, 0.2) is 54.6 Å². The molecule has 150 valence electrons. The lowest BCUT2D eigenvalue weighted by Gasteiger charge is -2.14. The van der Waals surface area contributed by atoms with Crippen molar-refractivity contribution in [2.24, 2.45) is 0 Å². The van der Waals surface area contributed by atoms with Crippen LogP contribution < -0.4 is 10.1 Å². The van der Waals surface area contributed by atoms with Gasteiger partial charge in [-0.1, -0.05) is 59.6 Å². The standard InChI is InChI=1S/C22H18Cl2FNO3/c1-26-20(28)12-29-15-10-17(23)16(18(24)11-15)9-14-7-8-19(27)21(22(14)25)13-5-3-2-4-6-13/h2-8,10-11,27H,9,12H2,1H3,(H,26,28). The summed E-state index contributed by atoms with van der Waals surface area (Å²) in [6, 6.07) is 14.8. The highest BCUT2D eigenvalue weighted by molar-refractivity contribution is 6.36. The number of carbonyl (C=O) groups excluding carboxylic acids is 1. The van der Waals surface area contributed by atoms with E-state index in [0.717, 1.165) is 0 Å². The van der Waals surface area contributed by atoms with Gasteiger partial charge >= 0.3 is 0 Å². The van der Waals surface area contributed by atoms with Crippen molar-refractivity contribution in [1.29, 1.82) is 0 Å². The van der Waals surface area contributed by atoms with Crippen molar-refractivity contribution in [3.05, 3.63) is 81.6 Å². The number of nitrogens with one attached hydrogen (secondary N) is 1. The Morgan fingerprint density at radius 3 is 2.38 bits per heavy atom. The molecule has 0 spiro atoms. The monoisotopic (exact) mass is 433 g/mol. The zero-order valence-corrected chi connectivity index (χ0v) is 17.0. The van der Waals surface area contributed by atoms with E-state index in [0.29, 0.717) is 22.4 Å². The maximum Gasteiger partial charge on any atom is 0.257 e. The second-order valence-corrected chi connectivity index (χ2v) is 7.12. The maximum atomic E-state index is 15.2. The third-order valence-electron chi connectivity index (χ3n) is 4.39. The molecule has 0 radical (unpaired) electrons. The van der Waals surface area contributed by atoms with E-state index in [1.807, 2.05) is 6.07 Å². The summed E-state index contributed by atoms with van der Waals surface area (Å²) in [7, 11) is 1.50. The number of ether oxygens (including phenoxy) is 1. The molecule has 0 fully saturated rings. The van der Waals surface area contributed by atoms with Crippen LogP contribution in [-0.2, 0) is 11.2 Å². The normalized spacial score (nSPS) is 10.6. The van der Waals surface area contributed by atoms with E-state index >= 15 is 4.39 Å². The molecule has 0 atom stereocenters. The predicted molar refractivity (Wildman–Crippen MR) is 112 cm³/mol. The van der Waals surface area contributed by atoms with Gasteiger partial charge in [0.15, 0.2) is 6.61 Å². The lowest BCUT2D eigenvalue weighted by atomic mass is 9.97. The Hall–Kier alpha value is -2.76. The van der Waals surface area contributed by atoms with Gasteiger partial charge in [0.2, 0.25) is 0 Å². The SMILES string of the molecule is CNC(=O)COc1cc(Cl)c(Cc2ccc(O)c(-c3ccccc3)c2F)c(Cl)c1. The molecule has 29 heavy (non-hydrogen) atoms. The van der Waals surface area contributed by atoms with Crippen LogP contribution in [0.1, 0.15) is 11.1 Å². The van der Waals surface area contributed by atoms with Crippen LogP contribution in [0.3, 0.4) is 0 Å². The van der Waals surface area contributed by atoms with Crippen LogP contribution in [0.5, 0.6) is 11.5 Å². The largest absolute Gasteiger partial charge is 0.507 e. The second kappa shape index (κ2) is 9.16. The molecule has 7 heteroatoms. The third kappa shape index (κ3) is 4.81. The van der Waals surface area contributed by atoms with E-state index in [4.69, 9.17) is 27.9 Å². The lowest BCUT2D eigenvalue weighted by Crippen LogP contribution is -2.24. The van der Waals surface area contributed by atoms with Crippen LogP contribution >= 0.6 is 23.2 Å². The zero-order chi connectivity index (χ0) is 21.0. The van der Waals surface area contributed by atoms with Crippen molar-refractivity contribution < 1.29 is 19.0 Å². The Balaban J connectivity index is 1.91. The molecule has 0 aromatic heterocycles. The highest BCUT2D eigenvalue weighted by Gasteiger charge is 2.18. The molecule has 4 nitrogen and oxygen atoms in total. The Bertz CT molecular complexity index is 1020. The number of benzene rings is 3. The van der Waals surface area contributed by atoms with E-state index in [1.54, 1.807) is 24.3 Å². The number of hydrogen-bond acceptors (Lipinski definition) is 3. The quantitative estimate of drug-likeness (QED) is 0.559. The summed E-state index contributed by atoms with van der Waals surface area (Å²) in [6.45, 7) is -0.171. The minimum Gasteiger partial charge on any atom is -0.507 e. The number of carbonyl (C=O) groups is 1. The first-order chi connectivity index (χ1) is 13.9. The Morgan fingerprint density at radius 2 is 1.76 bits per heavy atom. The molecule has 0 aliphatic heterocycles. The summed E-state index contributed by atoms with van der Waals surface area (Å²) in [5, 5.41) is 13.2. The smallest absolute Gasteiger partial charge is 0.257 e. The number of halogens is 3. The second-order valence-electron chi connectivity index (χ2n) is 6.30. The number of amides is 1. The molecular formula is C22H18Cl2FNO3. The number of aromatic hydroxyl groups is 1. The number of phenolic OH excluding ortho intramolecular Hbond substituents is 1. The number of likely N-dealkylation sites (N-methyl/N-ethyl adjacent to an activating group) is 1. The van der Waals surface area contributed by atoms with E-state index < -0.39 is 5.82 Å². The first-order valence-corrected chi connectivity index (χ1v) is 9.53. The third-order valence-corrected chi connectivity index (χ3v) is 5.07. The average Bonchev–Trinajstić information content (AvgIpc) is 2.71. The van der Waals surface area contributed by atoms with Crippen LogP contribution in [0.4, 0.5) is 4.39 Å². The van der Waals surface area contributed by atoms with Crippen LogP contribution in [-0.4, -0.2) is 24.7 Å². The fraction of sp³-hybridized carbons (Fsp3) is 0.136. The molecule has 3 aromatic rings. The summed E-state index contributed by atoms with van der Waals surface area (Å²) in [5.74, 6) is -0.639. The number of rotatable bonds is 6. The van der Waals surface area contributed by atoms with Crippen molar-refractivity contribution in [2.75, 3.05) is 13.7 Å². The lowest BCUT2D eigenvalue weighted by molar-refractivity contribution is -0.122. The van der Waals surface area contributed by atoms with Crippen molar-refractivity contribution in [3.63, 3.8) is 0 Å². The predicted octanol–water partition coefficient (Wildman–Crippen LogP) is 5.22. The summed E-state index contributed by atoms with van der Waals surface area (Å²) < 4.78 is 20.5. The fourth-order valence-electron chi connectivity index (χ4n) is 2.87. The van der Waals surface area contributed by atoms with Crippen LogP contribution in [0, 0.1) is 5.82 Å². The zero-order valence-electron chi connectivity index (χ0n) is 15.5. The number of phenols is 1. The Morgan fingerprint density at radius 1 is 1.10 bits per heavy atom. The Labute approximate surface area is 177 Å². The molecule has 0 saturated heterocycles. The number of hydrogen-bond donors (Lipinski definition) is 2. The topological polar surface area (TPSA) is 58.6 Å². The van der Waals surface area contributed by atoms with Gasteiger partial charge in [-0.15, -0.1) is 0 Å². The van der Waals surface area contributed by atoms with Crippen molar-refractivity contribution in [3.8, 4) is 22.6 Å². The first kappa shape index (κ1) is 21.0. The molecule has 1 amide bonds. The summed E-state index contributed by atoms with van der Waals surface area (Å²) in [5.41, 5.74) is 1.55. The molecule has 2 N–H and O–H groups in total. The van der Waals surface area contributed by atoms with Gasteiger partial charge in [-0.25, -0.2) is 4.39 Å². The highest BCUT2D eigenvalue weighted by Crippen LogP contribution is 2.37. The van der Waals surface area contributed by atoms with Gasteiger partial charge in [0.05, 0.1) is 5.56 Å². The van der Waals surface area contributed by atoms with Gasteiger partial charge in [0.1, 0.15) is 17.3 Å².